The van der Waals surface area contributed by atoms with Gasteiger partial charge in [-0.15, -0.1) is 0 Å². The van der Waals surface area contributed by atoms with Crippen molar-refractivity contribution in [3.8, 4) is 11.5 Å². The average molecular weight is 283 g/mol. The fourth-order valence-electron chi connectivity index (χ4n) is 1.15. The van der Waals surface area contributed by atoms with Gasteiger partial charge < -0.3 is 9.63 Å². The van der Waals surface area contributed by atoms with Gasteiger partial charge in [-0.3, -0.25) is 0 Å². The van der Waals surface area contributed by atoms with E-state index in [1.807, 2.05) is 13.0 Å². The molecule has 82 valence electrons. The van der Waals surface area contributed by atoms with Crippen LogP contribution in [0, 0.1) is 6.92 Å². The van der Waals surface area contributed by atoms with Crippen molar-refractivity contribution in [2.24, 2.45) is 0 Å². The Kier molecular flexibility index (Phi) is 2.74. The minimum Gasteiger partial charge on any atom is -0.475 e. The van der Waals surface area contributed by atoms with Crippen LogP contribution < -0.4 is 0 Å². The summed E-state index contributed by atoms with van der Waals surface area (Å²) in [6, 6.07) is 5.47. The van der Waals surface area contributed by atoms with Crippen LogP contribution >= 0.6 is 15.9 Å². The average Bonchev–Trinajstić information content (AvgIpc) is 2.71. The van der Waals surface area contributed by atoms with Crippen molar-refractivity contribution < 1.29 is 14.4 Å². The van der Waals surface area contributed by atoms with E-state index >= 15 is 0 Å². The van der Waals surface area contributed by atoms with E-state index in [1.54, 1.807) is 12.1 Å². The molecule has 0 unspecified atom stereocenters. The molecule has 0 fully saturated rings. The molecular formula is C10H7BrN2O3. The molecule has 16 heavy (non-hydrogen) atoms. The van der Waals surface area contributed by atoms with Gasteiger partial charge in [-0.05, 0) is 29.8 Å². The van der Waals surface area contributed by atoms with Gasteiger partial charge in [-0.25, -0.2) is 4.79 Å². The molecule has 1 aromatic heterocycles. The van der Waals surface area contributed by atoms with Crippen LogP contribution in [-0.4, -0.2) is 21.2 Å². The highest BCUT2D eigenvalue weighted by Gasteiger charge is 2.14. The van der Waals surface area contributed by atoms with Gasteiger partial charge in [-0.2, -0.15) is 4.98 Å². The standard InChI is InChI=1S/C10H7BrN2O3/c1-5-2-3-6(4-7(5)11)9-12-8(10(14)15)13-16-9/h2-4H,1H3,(H,14,15). The van der Waals surface area contributed by atoms with Gasteiger partial charge in [0, 0.05) is 10.0 Å². The van der Waals surface area contributed by atoms with Gasteiger partial charge in [-0.1, -0.05) is 22.0 Å². The first-order valence-corrected chi connectivity index (χ1v) is 5.21. The molecule has 0 aliphatic carbocycles. The topological polar surface area (TPSA) is 76.2 Å². The van der Waals surface area contributed by atoms with Crippen molar-refractivity contribution in [2.75, 3.05) is 0 Å². The zero-order chi connectivity index (χ0) is 11.7. The number of carboxylic acids is 1. The summed E-state index contributed by atoms with van der Waals surface area (Å²) in [6.07, 6.45) is 0. The lowest BCUT2D eigenvalue weighted by Gasteiger charge is -1.98. The maximum Gasteiger partial charge on any atom is 0.377 e. The molecule has 0 spiro atoms. The van der Waals surface area contributed by atoms with Crippen LogP contribution in [-0.2, 0) is 0 Å². The number of hydrogen-bond donors (Lipinski definition) is 1. The normalized spacial score (nSPS) is 10.4. The zero-order valence-electron chi connectivity index (χ0n) is 8.27. The number of aromatic carboxylic acids is 1. The van der Waals surface area contributed by atoms with Crippen LogP contribution in [0.3, 0.4) is 0 Å². The summed E-state index contributed by atoms with van der Waals surface area (Å²) in [6.45, 7) is 1.95. The molecule has 0 atom stereocenters. The second-order valence-electron chi connectivity index (χ2n) is 3.19. The van der Waals surface area contributed by atoms with Gasteiger partial charge in [0.05, 0.1) is 0 Å². The van der Waals surface area contributed by atoms with Gasteiger partial charge in [0.2, 0.25) is 0 Å². The summed E-state index contributed by atoms with van der Waals surface area (Å²) >= 11 is 3.37. The van der Waals surface area contributed by atoms with Crippen molar-refractivity contribution >= 4 is 21.9 Å². The number of aromatic nitrogens is 2. The van der Waals surface area contributed by atoms with Crippen molar-refractivity contribution in [2.45, 2.75) is 6.92 Å². The van der Waals surface area contributed by atoms with Gasteiger partial charge in [0.15, 0.2) is 0 Å². The number of carbonyl (C=O) groups is 1. The van der Waals surface area contributed by atoms with Gasteiger partial charge in [0.25, 0.3) is 11.7 Å². The molecule has 0 saturated heterocycles. The fourth-order valence-corrected chi connectivity index (χ4v) is 1.53. The molecule has 0 saturated carbocycles. The molecule has 0 aliphatic heterocycles. The maximum atomic E-state index is 10.6. The number of carboxylic acid groups (broad SMARTS) is 1. The van der Waals surface area contributed by atoms with Crippen molar-refractivity contribution in [1.29, 1.82) is 0 Å². The van der Waals surface area contributed by atoms with Crippen LogP contribution in [0.4, 0.5) is 0 Å². The van der Waals surface area contributed by atoms with Crippen LogP contribution in [0.5, 0.6) is 0 Å². The minimum atomic E-state index is -1.21. The predicted molar refractivity (Wildman–Crippen MR) is 59.1 cm³/mol. The van der Waals surface area contributed by atoms with E-state index in [1.165, 1.54) is 0 Å². The molecule has 0 amide bonds. The summed E-state index contributed by atoms with van der Waals surface area (Å²) in [4.78, 5) is 14.3. The minimum absolute atomic E-state index is 0.193. The molecule has 0 bridgehead atoms. The number of aryl methyl sites for hydroxylation is 1. The lowest BCUT2D eigenvalue weighted by Crippen LogP contribution is -1.98. The summed E-state index contributed by atoms with van der Waals surface area (Å²) in [5.74, 6) is -1.36. The monoisotopic (exact) mass is 282 g/mol. The number of benzene rings is 1. The summed E-state index contributed by atoms with van der Waals surface area (Å²) in [5, 5.41) is 12.0. The molecule has 2 rings (SSSR count). The molecule has 0 aliphatic rings. The molecule has 5 nitrogen and oxygen atoms in total. The Morgan fingerprint density at radius 1 is 1.50 bits per heavy atom. The molecule has 0 radical (unpaired) electrons. The van der Waals surface area contributed by atoms with E-state index in [0.717, 1.165) is 10.0 Å². The van der Waals surface area contributed by atoms with Crippen molar-refractivity contribution in [3.05, 3.63) is 34.1 Å². The van der Waals surface area contributed by atoms with E-state index in [-0.39, 0.29) is 11.7 Å². The first-order chi connectivity index (χ1) is 7.58. The van der Waals surface area contributed by atoms with E-state index < -0.39 is 5.97 Å². The largest absolute Gasteiger partial charge is 0.475 e. The lowest BCUT2D eigenvalue weighted by atomic mass is 10.1. The smallest absolute Gasteiger partial charge is 0.377 e. The zero-order valence-corrected chi connectivity index (χ0v) is 9.85. The van der Waals surface area contributed by atoms with Crippen LogP contribution in [0.15, 0.2) is 27.2 Å². The second-order valence-corrected chi connectivity index (χ2v) is 4.05. The second kappa shape index (κ2) is 4.05. The highest BCUT2D eigenvalue weighted by Crippen LogP contribution is 2.24. The number of halogens is 1. The van der Waals surface area contributed by atoms with E-state index in [9.17, 15) is 4.79 Å². The Hall–Kier alpha value is -1.69. The Morgan fingerprint density at radius 2 is 2.25 bits per heavy atom. The summed E-state index contributed by atoms with van der Waals surface area (Å²) in [5.41, 5.74) is 1.75. The highest BCUT2D eigenvalue weighted by atomic mass is 79.9. The third-order valence-corrected chi connectivity index (χ3v) is 2.89. The number of rotatable bonds is 2. The SMILES string of the molecule is Cc1ccc(-c2nc(C(=O)O)no2)cc1Br. The maximum absolute atomic E-state index is 10.6. The number of nitrogens with zero attached hydrogens (tertiary/aromatic N) is 2. The molecule has 6 heteroatoms. The number of hydrogen-bond acceptors (Lipinski definition) is 4. The van der Waals surface area contributed by atoms with Crippen LogP contribution in [0.25, 0.3) is 11.5 Å². The lowest BCUT2D eigenvalue weighted by molar-refractivity contribution is 0.0680. The van der Waals surface area contributed by atoms with Crippen molar-refractivity contribution in [3.63, 3.8) is 0 Å². The summed E-state index contributed by atoms with van der Waals surface area (Å²) in [7, 11) is 0. The first-order valence-electron chi connectivity index (χ1n) is 4.41. The fraction of sp³-hybridized carbons (Fsp3) is 0.100. The summed E-state index contributed by atoms with van der Waals surface area (Å²) < 4.78 is 5.75. The van der Waals surface area contributed by atoms with E-state index in [4.69, 9.17) is 9.63 Å². The Labute approximate surface area is 99.2 Å². The molecule has 1 heterocycles. The molecule has 2 aromatic rings. The molecule has 1 aromatic carbocycles. The van der Waals surface area contributed by atoms with E-state index in [2.05, 4.69) is 26.1 Å². The predicted octanol–water partition coefficient (Wildman–Crippen LogP) is 2.51. The third-order valence-electron chi connectivity index (χ3n) is 2.04. The van der Waals surface area contributed by atoms with Crippen molar-refractivity contribution in [1.82, 2.24) is 10.1 Å². The quantitative estimate of drug-likeness (QED) is 0.916. The third kappa shape index (κ3) is 1.96. The van der Waals surface area contributed by atoms with Gasteiger partial charge >= 0.3 is 5.97 Å². The van der Waals surface area contributed by atoms with Crippen LogP contribution in [0.2, 0.25) is 0 Å². The Bertz CT molecular complexity index is 551. The Balaban J connectivity index is 2.42. The van der Waals surface area contributed by atoms with Crippen LogP contribution in [0.1, 0.15) is 16.2 Å². The first kappa shape index (κ1) is 10.8. The highest BCUT2D eigenvalue weighted by molar-refractivity contribution is 9.10. The molecule has 1 N–H and O–H groups in total. The Morgan fingerprint density at radius 3 is 2.81 bits per heavy atom. The molecular weight excluding hydrogens is 276 g/mol. The van der Waals surface area contributed by atoms with Gasteiger partial charge in [0.1, 0.15) is 0 Å². The van der Waals surface area contributed by atoms with E-state index in [0.29, 0.717) is 5.56 Å².